The van der Waals surface area contributed by atoms with Gasteiger partial charge in [-0.2, -0.15) is 0 Å². The van der Waals surface area contributed by atoms with Gasteiger partial charge in [-0.05, 0) is 48.9 Å². The van der Waals surface area contributed by atoms with E-state index in [1.165, 1.54) is 4.90 Å². The maximum Gasteiger partial charge on any atom is 0.301 e. The highest BCUT2D eigenvalue weighted by Gasteiger charge is 2.47. The van der Waals surface area contributed by atoms with Gasteiger partial charge in [0.1, 0.15) is 23.9 Å². The molecule has 1 aromatic heterocycles. The third kappa shape index (κ3) is 3.90. The summed E-state index contributed by atoms with van der Waals surface area (Å²) in [6.07, 6.45) is 3.19. The van der Waals surface area contributed by atoms with E-state index in [4.69, 9.17) is 4.74 Å². The molecule has 0 saturated carbocycles. The molecule has 1 amide bonds. The van der Waals surface area contributed by atoms with Gasteiger partial charge in [-0.1, -0.05) is 48.6 Å². The standard InChI is InChI=1S/C26H22N2O4/c1-3-16-32-20-13-11-19(12-14-20)24(29)22-23(18-9-7-17(2)8-10-18)28(26(31)25(22)30)21-6-4-5-15-27-21/h3-15,23,29H,1,16H2,2H3/b24-22+/t23-/m0/s1. The first-order valence-corrected chi connectivity index (χ1v) is 10.1. The normalized spacial score (nSPS) is 17.4. The number of aromatic nitrogens is 1. The number of aliphatic hydroxyl groups excluding tert-OH is 1. The minimum atomic E-state index is -0.804. The molecule has 1 N–H and O–H groups in total. The summed E-state index contributed by atoms with van der Waals surface area (Å²) >= 11 is 0. The van der Waals surface area contributed by atoms with Crippen molar-refractivity contribution in [3.8, 4) is 5.75 Å². The molecule has 1 saturated heterocycles. The molecule has 6 heteroatoms. The van der Waals surface area contributed by atoms with Gasteiger partial charge in [-0.3, -0.25) is 14.5 Å². The second kappa shape index (κ2) is 8.89. The van der Waals surface area contributed by atoms with Crippen molar-refractivity contribution >= 4 is 23.3 Å². The quantitative estimate of drug-likeness (QED) is 0.270. The van der Waals surface area contributed by atoms with Crippen LogP contribution < -0.4 is 9.64 Å². The van der Waals surface area contributed by atoms with Gasteiger partial charge >= 0.3 is 5.91 Å². The first-order chi connectivity index (χ1) is 15.5. The molecule has 1 aliphatic heterocycles. The fourth-order valence-electron chi connectivity index (χ4n) is 3.65. The zero-order valence-corrected chi connectivity index (χ0v) is 17.6. The first-order valence-electron chi connectivity index (χ1n) is 10.1. The Morgan fingerprint density at radius 3 is 2.44 bits per heavy atom. The predicted octanol–water partition coefficient (Wildman–Crippen LogP) is 4.58. The Kier molecular flexibility index (Phi) is 5.85. The minimum absolute atomic E-state index is 0.0178. The van der Waals surface area contributed by atoms with E-state index in [-0.39, 0.29) is 11.3 Å². The van der Waals surface area contributed by atoms with Gasteiger partial charge in [0.2, 0.25) is 0 Å². The fourth-order valence-corrected chi connectivity index (χ4v) is 3.65. The Labute approximate surface area is 186 Å². The number of amides is 1. The SMILES string of the molecule is C=CCOc1ccc(/C(O)=C2\C(=O)C(=O)N(c3ccccn3)[C@H]2c2ccc(C)cc2)cc1. The van der Waals surface area contributed by atoms with Gasteiger partial charge in [0.25, 0.3) is 5.78 Å². The number of carbonyl (C=O) groups excluding carboxylic acids is 2. The molecule has 0 radical (unpaired) electrons. The molecule has 3 aromatic rings. The van der Waals surface area contributed by atoms with Crippen molar-refractivity contribution in [1.29, 1.82) is 0 Å². The third-order valence-corrected chi connectivity index (χ3v) is 5.23. The Hall–Kier alpha value is -4.19. The van der Waals surface area contributed by atoms with E-state index in [1.54, 1.807) is 54.7 Å². The third-order valence-electron chi connectivity index (χ3n) is 5.23. The molecule has 1 fully saturated rings. The lowest BCUT2D eigenvalue weighted by Crippen LogP contribution is -2.30. The first kappa shape index (κ1) is 21.1. The molecular formula is C26H22N2O4. The van der Waals surface area contributed by atoms with Gasteiger partial charge < -0.3 is 9.84 Å². The van der Waals surface area contributed by atoms with Gasteiger partial charge in [-0.25, -0.2) is 4.98 Å². The topological polar surface area (TPSA) is 79.7 Å². The van der Waals surface area contributed by atoms with Crippen molar-refractivity contribution < 1.29 is 19.4 Å². The van der Waals surface area contributed by atoms with Gasteiger partial charge in [0, 0.05) is 11.8 Å². The van der Waals surface area contributed by atoms with E-state index in [1.807, 2.05) is 31.2 Å². The van der Waals surface area contributed by atoms with E-state index in [0.717, 1.165) is 5.56 Å². The van der Waals surface area contributed by atoms with Crippen LogP contribution in [0.5, 0.6) is 5.75 Å². The number of anilines is 1. The van der Waals surface area contributed by atoms with Crippen LogP contribution in [0.4, 0.5) is 5.82 Å². The molecule has 0 bridgehead atoms. The number of nitrogens with zero attached hydrogens (tertiary/aromatic N) is 2. The van der Waals surface area contributed by atoms with E-state index in [2.05, 4.69) is 11.6 Å². The molecule has 6 nitrogen and oxygen atoms in total. The largest absolute Gasteiger partial charge is 0.507 e. The average molecular weight is 426 g/mol. The molecule has 2 heterocycles. The molecular weight excluding hydrogens is 404 g/mol. The summed E-state index contributed by atoms with van der Waals surface area (Å²) in [5, 5.41) is 11.1. The molecule has 32 heavy (non-hydrogen) atoms. The smallest absolute Gasteiger partial charge is 0.301 e. The number of aryl methyl sites for hydroxylation is 1. The minimum Gasteiger partial charge on any atom is -0.507 e. The maximum atomic E-state index is 13.1. The van der Waals surface area contributed by atoms with E-state index < -0.39 is 17.7 Å². The molecule has 0 aliphatic carbocycles. The Bertz CT molecular complexity index is 1180. The molecule has 1 aliphatic rings. The lowest BCUT2D eigenvalue weighted by molar-refractivity contribution is -0.132. The summed E-state index contributed by atoms with van der Waals surface area (Å²) in [7, 11) is 0. The number of pyridine rings is 1. The summed E-state index contributed by atoms with van der Waals surface area (Å²) in [6, 6.07) is 18.5. The fraction of sp³-hybridized carbons (Fsp3) is 0.115. The number of Topliss-reactive ketones (excluding diaryl/α,β-unsaturated/α-hetero) is 1. The van der Waals surface area contributed by atoms with Crippen LogP contribution in [0.1, 0.15) is 22.7 Å². The summed E-state index contributed by atoms with van der Waals surface area (Å²) < 4.78 is 5.48. The maximum absolute atomic E-state index is 13.1. The van der Waals surface area contributed by atoms with Crippen molar-refractivity contribution in [2.75, 3.05) is 11.5 Å². The van der Waals surface area contributed by atoms with E-state index in [9.17, 15) is 14.7 Å². The van der Waals surface area contributed by atoms with Crippen LogP contribution in [0.15, 0.2) is 91.2 Å². The second-order valence-electron chi connectivity index (χ2n) is 7.39. The van der Waals surface area contributed by atoms with Crippen LogP contribution in [0.3, 0.4) is 0 Å². The molecule has 2 aromatic carbocycles. The van der Waals surface area contributed by atoms with E-state index in [0.29, 0.717) is 29.3 Å². The summed E-state index contributed by atoms with van der Waals surface area (Å²) in [6.45, 7) is 5.92. The molecule has 0 spiro atoms. The lowest BCUT2D eigenvalue weighted by Gasteiger charge is -2.24. The monoisotopic (exact) mass is 426 g/mol. The van der Waals surface area contributed by atoms with Crippen molar-refractivity contribution in [3.63, 3.8) is 0 Å². The van der Waals surface area contributed by atoms with Gasteiger partial charge in [0.05, 0.1) is 11.6 Å². The number of hydrogen-bond donors (Lipinski definition) is 1. The molecule has 4 rings (SSSR count). The number of benzene rings is 2. The summed E-state index contributed by atoms with van der Waals surface area (Å²) in [5.74, 6) is -0.798. The Morgan fingerprint density at radius 1 is 1.09 bits per heavy atom. The number of rotatable bonds is 6. The Balaban J connectivity index is 1.84. The average Bonchev–Trinajstić information content (AvgIpc) is 3.09. The predicted molar refractivity (Wildman–Crippen MR) is 122 cm³/mol. The number of hydrogen-bond acceptors (Lipinski definition) is 5. The van der Waals surface area contributed by atoms with Crippen LogP contribution >= 0.6 is 0 Å². The van der Waals surface area contributed by atoms with Crippen LogP contribution in [-0.4, -0.2) is 28.4 Å². The van der Waals surface area contributed by atoms with Crippen LogP contribution in [-0.2, 0) is 9.59 Å². The lowest BCUT2D eigenvalue weighted by atomic mass is 9.94. The van der Waals surface area contributed by atoms with Crippen LogP contribution in [0, 0.1) is 6.92 Å². The van der Waals surface area contributed by atoms with Gasteiger partial charge in [-0.15, -0.1) is 0 Å². The highest BCUT2D eigenvalue weighted by molar-refractivity contribution is 6.51. The van der Waals surface area contributed by atoms with Crippen molar-refractivity contribution in [2.24, 2.45) is 0 Å². The number of ketones is 1. The van der Waals surface area contributed by atoms with E-state index >= 15 is 0 Å². The van der Waals surface area contributed by atoms with Crippen molar-refractivity contribution in [1.82, 2.24) is 4.98 Å². The summed E-state index contributed by atoms with van der Waals surface area (Å²) in [5.41, 5.74) is 2.17. The number of aliphatic hydroxyl groups is 1. The zero-order valence-electron chi connectivity index (χ0n) is 17.6. The molecule has 0 unspecified atom stereocenters. The Morgan fingerprint density at radius 2 is 1.81 bits per heavy atom. The second-order valence-corrected chi connectivity index (χ2v) is 7.39. The number of ether oxygens (including phenoxy) is 1. The highest BCUT2D eigenvalue weighted by atomic mass is 16.5. The highest BCUT2D eigenvalue weighted by Crippen LogP contribution is 2.41. The van der Waals surface area contributed by atoms with Crippen molar-refractivity contribution in [3.05, 3.63) is 108 Å². The number of carbonyl (C=O) groups is 2. The molecule has 1 atom stereocenters. The zero-order chi connectivity index (χ0) is 22.7. The summed E-state index contributed by atoms with van der Waals surface area (Å²) in [4.78, 5) is 31.7. The van der Waals surface area contributed by atoms with Crippen LogP contribution in [0.25, 0.3) is 5.76 Å². The van der Waals surface area contributed by atoms with Crippen molar-refractivity contribution in [2.45, 2.75) is 13.0 Å². The molecule has 160 valence electrons. The van der Waals surface area contributed by atoms with Crippen LogP contribution in [0.2, 0.25) is 0 Å². The van der Waals surface area contributed by atoms with Gasteiger partial charge in [0.15, 0.2) is 0 Å².